The molecule has 12 heteroatoms. The number of aromatic amines is 1. The van der Waals surface area contributed by atoms with E-state index in [-0.39, 0.29) is 12.0 Å². The minimum absolute atomic E-state index is 0.0696. The summed E-state index contributed by atoms with van der Waals surface area (Å²) in [5.41, 5.74) is 7.57. The van der Waals surface area contributed by atoms with Gasteiger partial charge in [-0.05, 0) is 12.5 Å². The van der Waals surface area contributed by atoms with E-state index in [0.717, 1.165) is 4.57 Å². The number of hydrogen-bond acceptors (Lipinski definition) is 5. The van der Waals surface area contributed by atoms with Crippen LogP contribution < -0.4 is 11.2 Å². The molecule has 0 aliphatic carbocycles. The summed E-state index contributed by atoms with van der Waals surface area (Å²) in [6.07, 6.45) is -1.15. The van der Waals surface area contributed by atoms with Gasteiger partial charge in [0.25, 0.3) is 5.56 Å². The van der Waals surface area contributed by atoms with Crippen LogP contribution in [0.4, 0.5) is 0 Å². The molecule has 3 unspecified atom stereocenters. The molecule has 1 aromatic heterocycles. The molecule has 120 valence electrons. The fourth-order valence-electron chi connectivity index (χ4n) is 2.27. The zero-order valence-electron chi connectivity index (χ0n) is 11.5. The Bertz CT molecular complexity index is 775. The largest absolute Gasteiger partial charge is 0.354 e. The van der Waals surface area contributed by atoms with Crippen molar-refractivity contribution in [2.24, 2.45) is 5.11 Å². The van der Waals surface area contributed by atoms with Crippen molar-refractivity contribution in [2.75, 3.05) is 6.16 Å². The van der Waals surface area contributed by atoms with Gasteiger partial charge in [0.15, 0.2) is 0 Å². The molecule has 3 N–H and O–H groups in total. The van der Waals surface area contributed by atoms with Crippen LogP contribution in [0.1, 0.15) is 18.2 Å². The molecule has 0 amide bonds. The van der Waals surface area contributed by atoms with Crippen LogP contribution in [0.25, 0.3) is 10.4 Å². The SMILES string of the molecule is Cc1cn(C2CC(N=[N+]=[N-])C(CP(=O)(O)O)O2)c(=O)[nH]c1=O. The van der Waals surface area contributed by atoms with Crippen molar-refractivity contribution in [1.82, 2.24) is 9.55 Å². The van der Waals surface area contributed by atoms with E-state index in [1.165, 1.54) is 13.1 Å². The number of nitrogens with one attached hydrogen (secondary N) is 1. The Balaban J connectivity index is 2.33. The Labute approximate surface area is 123 Å². The lowest BCUT2D eigenvalue weighted by Crippen LogP contribution is -2.33. The number of hydrogen-bond donors (Lipinski definition) is 3. The summed E-state index contributed by atoms with van der Waals surface area (Å²) >= 11 is 0. The van der Waals surface area contributed by atoms with Gasteiger partial charge >= 0.3 is 13.3 Å². The lowest BCUT2D eigenvalue weighted by Gasteiger charge is -2.17. The van der Waals surface area contributed by atoms with Crippen LogP contribution in [0, 0.1) is 6.92 Å². The average molecular weight is 331 g/mol. The van der Waals surface area contributed by atoms with Crippen molar-refractivity contribution in [3.63, 3.8) is 0 Å². The molecular weight excluding hydrogens is 317 g/mol. The molecular formula is C10H14N5O6P. The van der Waals surface area contributed by atoms with E-state index in [1.54, 1.807) is 0 Å². The normalized spacial score (nSPS) is 25.0. The molecule has 0 spiro atoms. The van der Waals surface area contributed by atoms with E-state index in [1.807, 2.05) is 0 Å². The highest BCUT2D eigenvalue weighted by atomic mass is 31.2. The molecule has 2 rings (SSSR count). The number of ether oxygens (including phenoxy) is 1. The third-order valence-electron chi connectivity index (χ3n) is 3.28. The fourth-order valence-corrected chi connectivity index (χ4v) is 3.07. The molecule has 1 fully saturated rings. The van der Waals surface area contributed by atoms with Crippen LogP contribution in [0.5, 0.6) is 0 Å². The Morgan fingerprint density at radius 2 is 2.27 bits per heavy atom. The van der Waals surface area contributed by atoms with Gasteiger partial charge in [0.05, 0.1) is 18.3 Å². The summed E-state index contributed by atoms with van der Waals surface area (Å²) in [5, 5.41) is 3.46. The second kappa shape index (κ2) is 6.07. The predicted octanol–water partition coefficient (Wildman–Crippen LogP) is -0.0109. The predicted molar refractivity (Wildman–Crippen MR) is 74.4 cm³/mol. The van der Waals surface area contributed by atoms with Crippen molar-refractivity contribution in [1.29, 1.82) is 0 Å². The van der Waals surface area contributed by atoms with Crippen LogP contribution in [0.3, 0.4) is 0 Å². The molecule has 0 saturated carbocycles. The van der Waals surface area contributed by atoms with E-state index in [0.29, 0.717) is 0 Å². The zero-order chi connectivity index (χ0) is 16.5. The number of aryl methyl sites for hydroxylation is 1. The molecule has 1 saturated heterocycles. The van der Waals surface area contributed by atoms with Gasteiger partial charge < -0.3 is 14.5 Å². The van der Waals surface area contributed by atoms with E-state index >= 15 is 0 Å². The van der Waals surface area contributed by atoms with Gasteiger partial charge in [0, 0.05) is 23.1 Å². The Hall–Kier alpha value is -1.90. The van der Waals surface area contributed by atoms with Gasteiger partial charge in [0.2, 0.25) is 0 Å². The Morgan fingerprint density at radius 3 is 2.86 bits per heavy atom. The number of H-pyrrole nitrogens is 1. The number of azide groups is 1. The minimum Gasteiger partial charge on any atom is -0.354 e. The van der Waals surface area contributed by atoms with Crippen molar-refractivity contribution in [3.8, 4) is 0 Å². The lowest BCUT2D eigenvalue weighted by atomic mass is 10.1. The minimum atomic E-state index is -4.38. The fraction of sp³-hybridized carbons (Fsp3) is 0.600. The quantitative estimate of drug-likeness (QED) is 0.303. The van der Waals surface area contributed by atoms with Crippen molar-refractivity contribution >= 4 is 7.60 Å². The third-order valence-corrected chi connectivity index (χ3v) is 4.11. The molecule has 3 atom stereocenters. The monoisotopic (exact) mass is 331 g/mol. The molecule has 1 aliphatic rings. The molecule has 2 heterocycles. The van der Waals surface area contributed by atoms with Crippen LogP contribution in [0.15, 0.2) is 20.9 Å². The van der Waals surface area contributed by atoms with Crippen molar-refractivity contribution < 1.29 is 19.1 Å². The topological polar surface area (TPSA) is 170 Å². The van der Waals surface area contributed by atoms with Crippen molar-refractivity contribution in [3.05, 3.63) is 43.0 Å². The average Bonchev–Trinajstić information content (AvgIpc) is 2.75. The summed E-state index contributed by atoms with van der Waals surface area (Å²) in [6.45, 7) is 1.50. The standard InChI is InChI=1S/C10H14N5O6P/c1-5-3-15(10(17)12-9(5)16)8-2-6(13-14-11)7(21-8)4-22(18,19)20/h3,6-8H,2,4H2,1H3,(H,12,16,17)(H2,18,19,20). The summed E-state index contributed by atoms with van der Waals surface area (Å²) in [6, 6.07) is -0.818. The van der Waals surface area contributed by atoms with Gasteiger partial charge in [0.1, 0.15) is 6.23 Å². The van der Waals surface area contributed by atoms with E-state index in [2.05, 4.69) is 15.0 Å². The van der Waals surface area contributed by atoms with Gasteiger partial charge in [-0.3, -0.25) is 18.9 Å². The molecule has 22 heavy (non-hydrogen) atoms. The maximum atomic E-state index is 11.8. The third kappa shape index (κ3) is 3.65. The molecule has 1 aromatic rings. The smallest absolute Gasteiger partial charge is 0.330 e. The first-order chi connectivity index (χ1) is 10.2. The second-order valence-electron chi connectivity index (χ2n) is 4.96. The van der Waals surface area contributed by atoms with Gasteiger partial charge in [-0.2, -0.15) is 0 Å². The summed E-state index contributed by atoms with van der Waals surface area (Å²) in [7, 11) is -4.38. The molecule has 1 aliphatic heterocycles. The highest BCUT2D eigenvalue weighted by Crippen LogP contribution is 2.41. The number of aromatic nitrogens is 2. The molecule has 0 radical (unpaired) electrons. The highest BCUT2D eigenvalue weighted by molar-refractivity contribution is 7.51. The molecule has 0 bridgehead atoms. The maximum absolute atomic E-state index is 11.8. The second-order valence-corrected chi connectivity index (χ2v) is 6.66. The van der Waals surface area contributed by atoms with Crippen LogP contribution in [0.2, 0.25) is 0 Å². The lowest BCUT2D eigenvalue weighted by molar-refractivity contribution is 0.00574. The van der Waals surface area contributed by atoms with E-state index in [4.69, 9.17) is 20.1 Å². The number of nitrogens with zero attached hydrogens (tertiary/aromatic N) is 4. The highest BCUT2D eigenvalue weighted by Gasteiger charge is 2.39. The van der Waals surface area contributed by atoms with Crippen molar-refractivity contribution in [2.45, 2.75) is 31.7 Å². The van der Waals surface area contributed by atoms with Gasteiger partial charge in [-0.1, -0.05) is 5.11 Å². The van der Waals surface area contributed by atoms with Crippen LogP contribution in [-0.2, 0) is 9.30 Å². The number of rotatable bonds is 4. The first kappa shape index (κ1) is 16.5. The summed E-state index contributed by atoms with van der Waals surface area (Å²) < 4.78 is 17.7. The molecule has 11 nitrogen and oxygen atoms in total. The first-order valence-corrected chi connectivity index (χ1v) is 8.07. The van der Waals surface area contributed by atoms with E-state index in [9.17, 15) is 14.2 Å². The van der Waals surface area contributed by atoms with Gasteiger partial charge in [-0.25, -0.2) is 4.79 Å². The zero-order valence-corrected chi connectivity index (χ0v) is 12.4. The Morgan fingerprint density at radius 1 is 1.59 bits per heavy atom. The summed E-state index contributed by atoms with van der Waals surface area (Å²) in [4.78, 5) is 46.0. The van der Waals surface area contributed by atoms with Crippen LogP contribution >= 0.6 is 7.60 Å². The molecule has 0 aromatic carbocycles. The summed E-state index contributed by atoms with van der Waals surface area (Å²) in [5.74, 6) is 0. The first-order valence-electron chi connectivity index (χ1n) is 6.27. The van der Waals surface area contributed by atoms with Gasteiger partial charge in [-0.15, -0.1) is 0 Å². The van der Waals surface area contributed by atoms with E-state index < -0.39 is 43.4 Å². The Kier molecular flexibility index (Phi) is 4.55. The maximum Gasteiger partial charge on any atom is 0.330 e. The van der Waals surface area contributed by atoms with Crippen LogP contribution in [-0.4, -0.2) is 37.6 Å².